The van der Waals surface area contributed by atoms with Crippen LogP contribution < -0.4 is 10.2 Å². The fraction of sp³-hybridized carbons (Fsp3) is 0.556. The number of halogens is 1. The second kappa shape index (κ2) is 7.59. The van der Waals surface area contributed by atoms with Gasteiger partial charge in [-0.2, -0.15) is 0 Å². The van der Waals surface area contributed by atoms with Crippen molar-refractivity contribution in [1.82, 2.24) is 20.3 Å². The number of hydrogen-bond donors (Lipinski definition) is 1. The summed E-state index contributed by atoms with van der Waals surface area (Å²) in [7, 11) is -1.54. The number of nitrogens with one attached hydrogen (secondary N) is 1. The molecule has 2 aromatic heterocycles. The Labute approximate surface area is 165 Å². The predicted octanol–water partition coefficient (Wildman–Crippen LogP) is 3.64. The summed E-state index contributed by atoms with van der Waals surface area (Å²) in [6, 6.07) is 5.74. The number of alkyl carbamates (subject to hydrolysis) is 1. The van der Waals surface area contributed by atoms with Crippen molar-refractivity contribution >= 4 is 42.7 Å². The van der Waals surface area contributed by atoms with Crippen molar-refractivity contribution in [2.45, 2.75) is 45.0 Å². The lowest BCUT2D eigenvalue weighted by molar-refractivity contribution is 0.0536. The summed E-state index contributed by atoms with van der Waals surface area (Å²) in [4.78, 5) is 27.4. The number of nitrogens with zero attached hydrogens (tertiary/aromatic N) is 4. The average molecular weight is 408 g/mol. The van der Waals surface area contributed by atoms with E-state index in [1.807, 2.05) is 26.8 Å². The van der Waals surface area contributed by atoms with Gasteiger partial charge < -0.3 is 15.0 Å². The highest BCUT2D eigenvalue weighted by molar-refractivity contribution is 6.79. The summed E-state index contributed by atoms with van der Waals surface area (Å²) in [6.07, 6.45) is 2.17. The highest BCUT2D eigenvalue weighted by Crippen LogP contribution is 2.26. The molecule has 1 aliphatic rings. The molecule has 0 bridgehead atoms. The summed E-state index contributed by atoms with van der Waals surface area (Å²) < 4.78 is 5.34. The molecule has 27 heavy (non-hydrogen) atoms. The van der Waals surface area contributed by atoms with Crippen LogP contribution in [0.3, 0.4) is 0 Å². The quantitative estimate of drug-likeness (QED) is 0.618. The van der Waals surface area contributed by atoms with Gasteiger partial charge in [0.25, 0.3) is 0 Å². The highest BCUT2D eigenvalue weighted by atomic mass is 35.5. The molecule has 0 saturated carbocycles. The van der Waals surface area contributed by atoms with Crippen molar-refractivity contribution in [2.75, 3.05) is 24.2 Å². The second-order valence-electron chi connectivity index (χ2n) is 8.36. The van der Waals surface area contributed by atoms with Crippen molar-refractivity contribution in [3.63, 3.8) is 0 Å². The van der Waals surface area contributed by atoms with E-state index in [-0.39, 0.29) is 6.09 Å². The zero-order valence-corrected chi connectivity index (χ0v) is 18.0. The summed E-state index contributed by atoms with van der Waals surface area (Å²) in [5, 5.41) is 3.39. The predicted molar refractivity (Wildman–Crippen MR) is 110 cm³/mol. The number of ether oxygens (including phenoxy) is 1. The van der Waals surface area contributed by atoms with Gasteiger partial charge in [-0.1, -0.05) is 18.1 Å². The number of amides is 1. The van der Waals surface area contributed by atoms with E-state index >= 15 is 0 Å². The first-order chi connectivity index (χ1) is 12.6. The molecule has 1 fully saturated rings. The Kier molecular flexibility index (Phi) is 5.57. The van der Waals surface area contributed by atoms with Gasteiger partial charge in [0.1, 0.15) is 22.1 Å². The minimum atomic E-state index is -1.54. The minimum Gasteiger partial charge on any atom is -0.444 e. The van der Waals surface area contributed by atoms with Gasteiger partial charge in [-0.3, -0.25) is 0 Å². The molecular formula is C18H26ClN5O2Si. The van der Waals surface area contributed by atoms with E-state index in [1.54, 1.807) is 12.3 Å². The van der Waals surface area contributed by atoms with Crippen molar-refractivity contribution in [2.24, 2.45) is 0 Å². The SMILES string of the molecule is CC(C)(C)OC(=O)NC[Si]1(C)CCN(c2cnc3nc(Cl)ccc3n2)CC1. The second-order valence-corrected chi connectivity index (χ2v) is 13.7. The van der Waals surface area contributed by atoms with Crippen LogP contribution in [0.1, 0.15) is 20.8 Å². The molecule has 0 aromatic carbocycles. The van der Waals surface area contributed by atoms with Gasteiger partial charge in [-0.05, 0) is 45.0 Å². The van der Waals surface area contributed by atoms with Crippen LogP contribution in [0.15, 0.2) is 18.3 Å². The molecule has 0 spiro atoms. The molecule has 2 aromatic rings. The maximum atomic E-state index is 11.9. The lowest BCUT2D eigenvalue weighted by Crippen LogP contribution is -2.52. The Morgan fingerprint density at radius 1 is 1.30 bits per heavy atom. The first-order valence-corrected chi connectivity index (χ1v) is 12.6. The lowest BCUT2D eigenvalue weighted by Gasteiger charge is -2.38. The van der Waals surface area contributed by atoms with E-state index in [0.29, 0.717) is 10.8 Å². The average Bonchev–Trinajstić information content (AvgIpc) is 2.59. The smallest absolute Gasteiger partial charge is 0.407 e. The fourth-order valence-electron chi connectivity index (χ4n) is 3.08. The molecule has 3 rings (SSSR count). The molecule has 3 heterocycles. The molecule has 0 radical (unpaired) electrons. The van der Waals surface area contributed by atoms with Crippen LogP contribution in [-0.2, 0) is 4.74 Å². The maximum absolute atomic E-state index is 11.9. The molecule has 0 unspecified atom stereocenters. The topological polar surface area (TPSA) is 80.2 Å². The molecule has 146 valence electrons. The molecule has 1 saturated heterocycles. The molecule has 0 aliphatic carbocycles. The first-order valence-electron chi connectivity index (χ1n) is 9.15. The number of carbonyl (C=O) groups is 1. The Bertz CT molecular complexity index is 834. The Hall–Kier alpha value is -1.93. The van der Waals surface area contributed by atoms with Crippen LogP contribution in [0.5, 0.6) is 0 Å². The highest BCUT2D eigenvalue weighted by Gasteiger charge is 2.33. The Morgan fingerprint density at radius 3 is 2.67 bits per heavy atom. The minimum absolute atomic E-state index is 0.329. The summed E-state index contributed by atoms with van der Waals surface area (Å²) >= 11 is 5.90. The number of fused-ring (bicyclic) bond motifs is 1. The zero-order valence-electron chi connectivity index (χ0n) is 16.3. The third kappa shape index (κ3) is 5.29. The van der Waals surface area contributed by atoms with Crippen molar-refractivity contribution in [1.29, 1.82) is 0 Å². The van der Waals surface area contributed by atoms with E-state index in [2.05, 4.69) is 31.7 Å². The van der Waals surface area contributed by atoms with Gasteiger partial charge in [-0.25, -0.2) is 19.7 Å². The number of rotatable bonds is 3. The van der Waals surface area contributed by atoms with Gasteiger partial charge in [0.05, 0.1) is 14.3 Å². The molecule has 0 atom stereocenters. The normalized spacial score (nSPS) is 17.0. The van der Waals surface area contributed by atoms with Crippen molar-refractivity contribution in [3.8, 4) is 0 Å². The van der Waals surface area contributed by atoms with Gasteiger partial charge in [0.15, 0.2) is 5.65 Å². The first kappa shape index (κ1) is 19.8. The van der Waals surface area contributed by atoms with Crippen LogP contribution >= 0.6 is 11.6 Å². The van der Waals surface area contributed by atoms with Crippen molar-refractivity contribution in [3.05, 3.63) is 23.5 Å². The van der Waals surface area contributed by atoms with Gasteiger partial charge in [0, 0.05) is 19.3 Å². The van der Waals surface area contributed by atoms with Crippen LogP contribution in [0, 0.1) is 0 Å². The Balaban J connectivity index is 1.58. The number of anilines is 1. The van der Waals surface area contributed by atoms with E-state index in [0.717, 1.165) is 42.7 Å². The van der Waals surface area contributed by atoms with Gasteiger partial charge in [0.2, 0.25) is 0 Å². The summed E-state index contributed by atoms with van der Waals surface area (Å²) in [5.41, 5.74) is 0.835. The maximum Gasteiger partial charge on any atom is 0.407 e. The van der Waals surface area contributed by atoms with Gasteiger partial charge in [-0.15, -0.1) is 0 Å². The van der Waals surface area contributed by atoms with Gasteiger partial charge >= 0.3 is 6.09 Å². The van der Waals surface area contributed by atoms with E-state index in [4.69, 9.17) is 16.3 Å². The largest absolute Gasteiger partial charge is 0.444 e. The number of hydrogen-bond acceptors (Lipinski definition) is 6. The molecule has 1 amide bonds. The summed E-state index contributed by atoms with van der Waals surface area (Å²) in [5.74, 6) is 0.864. The van der Waals surface area contributed by atoms with Crippen LogP contribution in [-0.4, -0.2) is 54.0 Å². The number of carbonyl (C=O) groups excluding carboxylic acids is 1. The Morgan fingerprint density at radius 2 is 2.00 bits per heavy atom. The number of aromatic nitrogens is 3. The van der Waals surface area contributed by atoms with Crippen molar-refractivity contribution < 1.29 is 9.53 Å². The van der Waals surface area contributed by atoms with E-state index in [1.165, 1.54) is 0 Å². The van der Waals surface area contributed by atoms with Crippen LogP contribution in [0.25, 0.3) is 11.2 Å². The lowest BCUT2D eigenvalue weighted by atomic mass is 10.2. The molecule has 1 aliphatic heterocycles. The zero-order chi connectivity index (χ0) is 19.7. The molecule has 1 N–H and O–H groups in total. The fourth-order valence-corrected chi connectivity index (χ4v) is 6.01. The standard InChI is InChI=1S/C18H26ClN5O2Si/c1-18(2,3)26-17(25)21-12-27(4)9-7-24(8-10-27)15-11-20-16-13(22-15)5-6-14(19)23-16/h5-6,11H,7-10,12H2,1-4H3,(H,21,25). The molecule has 9 heteroatoms. The number of pyridine rings is 1. The van der Waals surface area contributed by atoms with Crippen LogP contribution in [0.4, 0.5) is 10.6 Å². The monoisotopic (exact) mass is 407 g/mol. The third-order valence-corrected chi connectivity index (χ3v) is 8.81. The van der Waals surface area contributed by atoms with E-state index < -0.39 is 13.7 Å². The van der Waals surface area contributed by atoms with E-state index in [9.17, 15) is 4.79 Å². The summed E-state index contributed by atoms with van der Waals surface area (Å²) in [6.45, 7) is 9.79. The third-order valence-electron chi connectivity index (χ3n) is 4.71. The van der Waals surface area contributed by atoms with Crippen LogP contribution in [0.2, 0.25) is 23.8 Å². The molecule has 7 nitrogen and oxygen atoms in total. The molecular weight excluding hydrogens is 382 g/mol.